The maximum Gasteiger partial charge on any atom is 0.326 e. The van der Waals surface area contributed by atoms with Crippen molar-refractivity contribution in [2.75, 3.05) is 13.1 Å². The van der Waals surface area contributed by atoms with Gasteiger partial charge in [-0.25, -0.2) is 9.78 Å². The van der Waals surface area contributed by atoms with Gasteiger partial charge in [-0.05, 0) is 19.8 Å². The van der Waals surface area contributed by atoms with Crippen LogP contribution in [-0.4, -0.2) is 75.9 Å². The summed E-state index contributed by atoms with van der Waals surface area (Å²) in [5.74, 6) is -3.15. The topological polar surface area (TPSA) is 244 Å². The van der Waals surface area contributed by atoms with Crippen LogP contribution in [0.4, 0.5) is 0 Å². The van der Waals surface area contributed by atoms with Crippen molar-refractivity contribution in [1.82, 2.24) is 25.9 Å². The monoisotopic (exact) mass is 439 g/mol. The Labute approximate surface area is 178 Å². The lowest BCUT2D eigenvalue weighted by Crippen LogP contribution is -2.52. The van der Waals surface area contributed by atoms with Gasteiger partial charge in [0.25, 0.3) is 0 Å². The molecular weight excluding hydrogens is 410 g/mol. The number of aliphatic imine (C=N–C) groups is 1. The van der Waals surface area contributed by atoms with Crippen LogP contribution in [0.2, 0.25) is 0 Å². The quantitative estimate of drug-likeness (QED) is 0.0862. The van der Waals surface area contributed by atoms with Gasteiger partial charge in [0.2, 0.25) is 17.7 Å². The number of carboxylic acid groups (broad SMARTS) is 1. The Kier molecular flexibility index (Phi) is 10.5. The summed E-state index contributed by atoms with van der Waals surface area (Å²) in [6.07, 6.45) is 3.63. The number of amides is 3. The molecule has 0 aliphatic rings. The van der Waals surface area contributed by atoms with Crippen LogP contribution in [0.5, 0.6) is 0 Å². The number of carbonyl (C=O) groups excluding carboxylic acids is 3. The molecule has 1 rings (SSSR count). The van der Waals surface area contributed by atoms with E-state index in [1.807, 2.05) is 0 Å². The van der Waals surface area contributed by atoms with Crippen molar-refractivity contribution in [1.29, 1.82) is 0 Å². The minimum Gasteiger partial charge on any atom is -0.480 e. The molecule has 3 unspecified atom stereocenters. The molecule has 0 saturated carbocycles. The number of hydrogen-bond acceptors (Lipinski definition) is 7. The average Bonchev–Trinajstić information content (AvgIpc) is 3.21. The van der Waals surface area contributed by atoms with E-state index < -0.39 is 48.4 Å². The second-order valence-electron chi connectivity index (χ2n) is 6.74. The van der Waals surface area contributed by atoms with Gasteiger partial charge in [-0.1, -0.05) is 0 Å². The highest BCUT2D eigenvalue weighted by Crippen LogP contribution is 1.99. The summed E-state index contributed by atoms with van der Waals surface area (Å²) >= 11 is 0. The van der Waals surface area contributed by atoms with Crippen molar-refractivity contribution in [3.63, 3.8) is 0 Å². The van der Waals surface area contributed by atoms with E-state index in [-0.39, 0.29) is 12.4 Å². The first kappa shape index (κ1) is 25.4. The molecule has 0 saturated heterocycles. The number of aromatic nitrogens is 2. The van der Waals surface area contributed by atoms with Crippen molar-refractivity contribution in [2.45, 2.75) is 44.3 Å². The maximum absolute atomic E-state index is 12.1. The first-order valence-corrected chi connectivity index (χ1v) is 9.48. The molecule has 0 radical (unpaired) electrons. The number of imidazole rings is 1. The van der Waals surface area contributed by atoms with E-state index in [0.29, 0.717) is 25.1 Å². The van der Waals surface area contributed by atoms with Crippen LogP contribution in [-0.2, 0) is 25.6 Å². The number of H-pyrrole nitrogens is 1. The number of carboxylic acids is 1. The highest BCUT2D eigenvalue weighted by molar-refractivity contribution is 5.92. The fraction of sp³-hybridized carbons (Fsp3) is 0.529. The maximum atomic E-state index is 12.1. The van der Waals surface area contributed by atoms with Crippen molar-refractivity contribution in [3.8, 4) is 0 Å². The van der Waals surface area contributed by atoms with Crippen LogP contribution in [0.1, 0.15) is 25.5 Å². The second-order valence-corrected chi connectivity index (χ2v) is 6.74. The Morgan fingerprint density at radius 1 is 1.23 bits per heavy atom. The molecule has 0 fully saturated rings. The Bertz CT molecular complexity index is 777. The van der Waals surface area contributed by atoms with Gasteiger partial charge in [0.15, 0.2) is 5.96 Å². The fourth-order valence-electron chi connectivity index (χ4n) is 2.42. The van der Waals surface area contributed by atoms with Gasteiger partial charge in [0.1, 0.15) is 12.1 Å². The first-order chi connectivity index (χ1) is 14.6. The summed E-state index contributed by atoms with van der Waals surface area (Å²) in [7, 11) is 0. The molecule has 1 aromatic heterocycles. The second kappa shape index (κ2) is 12.8. The summed E-state index contributed by atoms with van der Waals surface area (Å²) in [4.78, 5) is 57.7. The number of aliphatic carboxylic acids is 1. The molecule has 0 aliphatic heterocycles. The predicted molar refractivity (Wildman–Crippen MR) is 110 cm³/mol. The van der Waals surface area contributed by atoms with E-state index in [0.717, 1.165) is 0 Å². The SMILES string of the molecule is CC(NC(=O)C(N)CCCN=C(N)N)C(=O)NCC(=O)NC(Cc1cnc[nH]1)C(=O)O. The van der Waals surface area contributed by atoms with Crippen LogP contribution in [0.15, 0.2) is 17.5 Å². The molecule has 14 nitrogen and oxygen atoms in total. The lowest BCUT2D eigenvalue weighted by atomic mass is 10.1. The highest BCUT2D eigenvalue weighted by atomic mass is 16.4. The molecule has 0 aromatic carbocycles. The number of nitrogens with zero attached hydrogens (tertiary/aromatic N) is 2. The van der Waals surface area contributed by atoms with Crippen molar-refractivity contribution in [3.05, 3.63) is 18.2 Å². The van der Waals surface area contributed by atoms with E-state index in [9.17, 15) is 24.3 Å². The van der Waals surface area contributed by atoms with Crippen LogP contribution >= 0.6 is 0 Å². The smallest absolute Gasteiger partial charge is 0.326 e. The Hall–Kier alpha value is -3.68. The van der Waals surface area contributed by atoms with Gasteiger partial charge in [0, 0.05) is 24.9 Å². The van der Waals surface area contributed by atoms with Gasteiger partial charge in [0.05, 0.1) is 18.9 Å². The summed E-state index contributed by atoms with van der Waals surface area (Å²) in [6.45, 7) is 1.29. The molecule has 31 heavy (non-hydrogen) atoms. The zero-order valence-corrected chi connectivity index (χ0v) is 17.1. The lowest BCUT2D eigenvalue weighted by molar-refractivity contribution is -0.141. The molecule has 14 heteroatoms. The molecule has 172 valence electrons. The largest absolute Gasteiger partial charge is 0.480 e. The molecule has 1 aromatic rings. The lowest BCUT2D eigenvalue weighted by Gasteiger charge is -2.18. The van der Waals surface area contributed by atoms with E-state index in [1.165, 1.54) is 19.4 Å². The Morgan fingerprint density at radius 3 is 2.52 bits per heavy atom. The summed E-state index contributed by atoms with van der Waals surface area (Å²) < 4.78 is 0. The van der Waals surface area contributed by atoms with E-state index >= 15 is 0 Å². The number of nitrogens with two attached hydrogens (primary N) is 3. The van der Waals surface area contributed by atoms with Gasteiger partial charge >= 0.3 is 5.97 Å². The van der Waals surface area contributed by atoms with E-state index in [1.54, 1.807) is 0 Å². The zero-order chi connectivity index (χ0) is 23.4. The summed E-state index contributed by atoms with van der Waals surface area (Å²) in [5.41, 5.74) is 16.7. The minimum absolute atomic E-state index is 0.00253. The molecule has 3 atom stereocenters. The van der Waals surface area contributed by atoms with Gasteiger partial charge in [-0.15, -0.1) is 0 Å². The molecule has 11 N–H and O–H groups in total. The third-order valence-corrected chi connectivity index (χ3v) is 4.09. The minimum atomic E-state index is -1.23. The van der Waals surface area contributed by atoms with Crippen molar-refractivity contribution < 1.29 is 24.3 Å². The zero-order valence-electron chi connectivity index (χ0n) is 17.1. The van der Waals surface area contributed by atoms with E-state index in [4.69, 9.17) is 17.2 Å². The number of guanidine groups is 1. The molecule has 1 heterocycles. The van der Waals surface area contributed by atoms with Gasteiger partial charge in [-0.2, -0.15) is 0 Å². The Balaban J connectivity index is 2.39. The predicted octanol–water partition coefficient (Wildman–Crippen LogP) is -3.48. The fourth-order valence-corrected chi connectivity index (χ4v) is 2.42. The van der Waals surface area contributed by atoms with Gasteiger partial charge in [-0.3, -0.25) is 19.4 Å². The first-order valence-electron chi connectivity index (χ1n) is 9.48. The number of aromatic amines is 1. The van der Waals surface area contributed by atoms with Crippen LogP contribution < -0.4 is 33.2 Å². The van der Waals surface area contributed by atoms with Crippen LogP contribution in [0, 0.1) is 0 Å². The van der Waals surface area contributed by atoms with Gasteiger partial charge < -0.3 is 43.2 Å². The molecular formula is C17H29N9O5. The molecule has 0 spiro atoms. The third kappa shape index (κ3) is 10.1. The molecule has 0 bridgehead atoms. The summed E-state index contributed by atoms with van der Waals surface area (Å²) in [6, 6.07) is -3.00. The normalized spacial score (nSPS) is 13.4. The number of hydrogen-bond donors (Lipinski definition) is 8. The molecule has 0 aliphatic carbocycles. The number of rotatable bonds is 13. The van der Waals surface area contributed by atoms with Crippen molar-refractivity contribution in [2.24, 2.45) is 22.2 Å². The van der Waals surface area contributed by atoms with E-state index in [2.05, 4.69) is 30.9 Å². The number of carbonyl (C=O) groups is 4. The number of nitrogens with one attached hydrogen (secondary N) is 4. The van der Waals surface area contributed by atoms with Crippen molar-refractivity contribution >= 4 is 29.7 Å². The standard InChI is InChI=1S/C17H29N9O5/c1-9(25-15(29)11(18)3-2-4-22-17(19)20)14(28)23-7-13(27)26-12(16(30)31)5-10-6-21-8-24-10/h6,8-9,11-12H,2-5,7,18H2,1H3,(H,21,24)(H,23,28)(H,25,29)(H,26,27)(H,30,31)(H4,19,20,22). The highest BCUT2D eigenvalue weighted by Gasteiger charge is 2.23. The summed E-state index contributed by atoms with van der Waals surface area (Å²) in [5, 5.41) is 16.3. The van der Waals surface area contributed by atoms with Crippen LogP contribution in [0.3, 0.4) is 0 Å². The Morgan fingerprint density at radius 2 is 1.94 bits per heavy atom. The third-order valence-electron chi connectivity index (χ3n) is 4.09. The van der Waals surface area contributed by atoms with Crippen LogP contribution in [0.25, 0.3) is 0 Å². The average molecular weight is 439 g/mol. The molecule has 3 amide bonds.